The van der Waals surface area contributed by atoms with Gasteiger partial charge in [-0.05, 0) is 31.4 Å². The van der Waals surface area contributed by atoms with Gasteiger partial charge in [0, 0.05) is 17.5 Å². The highest BCUT2D eigenvalue weighted by atomic mass is 32.2. The average Bonchev–Trinajstić information content (AvgIpc) is 3.49. The Bertz CT molecular complexity index is 1040. The summed E-state index contributed by atoms with van der Waals surface area (Å²) in [4.78, 5) is 12.4. The number of amides is 1. The number of halogens is 2. The maximum atomic E-state index is 13.9. The number of carbonyl (C=O) groups excluding carboxylic acids is 1. The van der Waals surface area contributed by atoms with Crippen LogP contribution in [0.25, 0.3) is 0 Å². The van der Waals surface area contributed by atoms with Crippen LogP contribution in [0.1, 0.15) is 48.7 Å². The molecule has 1 aliphatic rings. The van der Waals surface area contributed by atoms with E-state index in [1.807, 2.05) is 18.2 Å². The molecule has 0 radical (unpaired) electrons. The minimum atomic E-state index is -0.674. The SMILES string of the molecule is C[C@H](NC(=O)CSc1nnc(C2CC2)n1Cc1ccccc1)c1ccc(F)cc1F. The Balaban J connectivity index is 1.41. The van der Waals surface area contributed by atoms with Crippen LogP contribution in [0.2, 0.25) is 0 Å². The van der Waals surface area contributed by atoms with Gasteiger partial charge < -0.3 is 9.88 Å². The van der Waals surface area contributed by atoms with Gasteiger partial charge in [-0.15, -0.1) is 10.2 Å². The van der Waals surface area contributed by atoms with E-state index < -0.39 is 17.7 Å². The number of rotatable bonds is 8. The highest BCUT2D eigenvalue weighted by molar-refractivity contribution is 7.99. The van der Waals surface area contributed by atoms with Gasteiger partial charge in [0.25, 0.3) is 0 Å². The fourth-order valence-corrected chi connectivity index (χ4v) is 4.06. The van der Waals surface area contributed by atoms with Gasteiger partial charge in [0.15, 0.2) is 5.16 Å². The molecule has 156 valence electrons. The number of benzene rings is 2. The topological polar surface area (TPSA) is 59.8 Å². The van der Waals surface area contributed by atoms with Crippen molar-refractivity contribution in [3.05, 3.63) is 77.1 Å². The number of hydrogen-bond donors (Lipinski definition) is 1. The zero-order chi connectivity index (χ0) is 21.1. The molecule has 1 fully saturated rings. The van der Waals surface area contributed by atoms with E-state index >= 15 is 0 Å². The second-order valence-corrected chi connectivity index (χ2v) is 8.37. The minimum absolute atomic E-state index is 0.130. The molecule has 3 aromatic rings. The van der Waals surface area contributed by atoms with E-state index in [9.17, 15) is 13.6 Å². The van der Waals surface area contributed by atoms with Crippen LogP contribution >= 0.6 is 11.8 Å². The van der Waals surface area contributed by atoms with E-state index in [4.69, 9.17) is 0 Å². The second kappa shape index (κ2) is 8.95. The molecule has 0 bridgehead atoms. The first kappa shape index (κ1) is 20.5. The summed E-state index contributed by atoms with van der Waals surface area (Å²) in [6, 6.07) is 12.8. The number of aromatic nitrogens is 3. The van der Waals surface area contributed by atoms with E-state index in [1.54, 1.807) is 6.92 Å². The molecule has 1 amide bonds. The van der Waals surface area contributed by atoms with Crippen molar-refractivity contribution in [3.63, 3.8) is 0 Å². The lowest BCUT2D eigenvalue weighted by atomic mass is 10.1. The molecule has 5 nitrogen and oxygen atoms in total. The quantitative estimate of drug-likeness (QED) is 0.539. The van der Waals surface area contributed by atoms with E-state index in [-0.39, 0.29) is 17.2 Å². The summed E-state index contributed by atoms with van der Waals surface area (Å²) >= 11 is 1.31. The van der Waals surface area contributed by atoms with Crippen LogP contribution in [0, 0.1) is 11.6 Å². The Morgan fingerprint density at radius 3 is 2.67 bits per heavy atom. The van der Waals surface area contributed by atoms with Gasteiger partial charge >= 0.3 is 0 Å². The highest BCUT2D eigenvalue weighted by Gasteiger charge is 2.30. The fraction of sp³-hybridized carbons (Fsp3) is 0.318. The van der Waals surface area contributed by atoms with Gasteiger partial charge in [-0.2, -0.15) is 0 Å². The highest BCUT2D eigenvalue weighted by Crippen LogP contribution is 2.40. The molecular formula is C22H22F2N4OS. The Labute approximate surface area is 177 Å². The first-order valence-corrected chi connectivity index (χ1v) is 10.8. The van der Waals surface area contributed by atoms with Gasteiger partial charge in [-0.25, -0.2) is 8.78 Å². The molecule has 1 aliphatic carbocycles. The minimum Gasteiger partial charge on any atom is -0.349 e. The maximum Gasteiger partial charge on any atom is 0.230 e. The largest absolute Gasteiger partial charge is 0.349 e. The zero-order valence-corrected chi connectivity index (χ0v) is 17.3. The predicted molar refractivity (Wildman–Crippen MR) is 111 cm³/mol. The van der Waals surface area contributed by atoms with Crippen molar-refractivity contribution in [2.24, 2.45) is 0 Å². The Hall–Kier alpha value is -2.74. The van der Waals surface area contributed by atoms with Crippen molar-refractivity contribution in [2.75, 3.05) is 5.75 Å². The lowest BCUT2D eigenvalue weighted by molar-refractivity contribution is -0.119. The van der Waals surface area contributed by atoms with E-state index in [0.29, 0.717) is 17.6 Å². The van der Waals surface area contributed by atoms with Gasteiger partial charge in [0.05, 0.1) is 18.3 Å². The van der Waals surface area contributed by atoms with E-state index in [1.165, 1.54) is 23.9 Å². The molecule has 1 aromatic heterocycles. The Morgan fingerprint density at radius 2 is 1.97 bits per heavy atom. The third-order valence-electron chi connectivity index (χ3n) is 5.01. The maximum absolute atomic E-state index is 13.9. The van der Waals surface area contributed by atoms with Crippen molar-refractivity contribution < 1.29 is 13.6 Å². The molecule has 30 heavy (non-hydrogen) atoms. The lowest BCUT2D eigenvalue weighted by Crippen LogP contribution is -2.29. The Kier molecular flexibility index (Phi) is 6.13. The molecule has 0 spiro atoms. The summed E-state index contributed by atoms with van der Waals surface area (Å²) in [7, 11) is 0. The van der Waals surface area contributed by atoms with Crippen LogP contribution in [0.3, 0.4) is 0 Å². The third-order valence-corrected chi connectivity index (χ3v) is 5.98. The van der Waals surface area contributed by atoms with Crippen LogP contribution in [0.5, 0.6) is 0 Å². The molecule has 1 heterocycles. The summed E-state index contributed by atoms with van der Waals surface area (Å²) in [5, 5.41) is 12.1. The van der Waals surface area contributed by atoms with Crippen molar-refractivity contribution in [2.45, 2.75) is 43.4 Å². The van der Waals surface area contributed by atoms with Crippen LogP contribution in [0.15, 0.2) is 53.7 Å². The van der Waals surface area contributed by atoms with Gasteiger partial charge in [0.2, 0.25) is 5.91 Å². The first-order chi connectivity index (χ1) is 14.5. The zero-order valence-electron chi connectivity index (χ0n) is 16.5. The summed E-state index contributed by atoms with van der Waals surface area (Å²) in [5.74, 6) is -0.0420. The normalized spacial score (nSPS) is 14.5. The standard InChI is InChI=1S/C22H22F2N4OS/c1-14(18-10-9-17(23)11-19(18)24)25-20(29)13-30-22-27-26-21(16-7-8-16)28(22)12-15-5-3-2-4-6-15/h2-6,9-11,14,16H,7-8,12-13H2,1H3,(H,25,29)/t14-/m0/s1. The van der Waals surface area contributed by atoms with Crippen molar-refractivity contribution in [1.29, 1.82) is 0 Å². The number of hydrogen-bond acceptors (Lipinski definition) is 4. The number of nitrogens with zero attached hydrogens (tertiary/aromatic N) is 3. The summed E-state index contributed by atoms with van der Waals surface area (Å²) in [5.41, 5.74) is 1.39. The van der Waals surface area contributed by atoms with E-state index in [2.05, 4.69) is 32.2 Å². The van der Waals surface area contributed by atoms with Crippen molar-refractivity contribution in [1.82, 2.24) is 20.1 Å². The molecule has 0 saturated heterocycles. The first-order valence-electron chi connectivity index (χ1n) is 9.85. The smallest absolute Gasteiger partial charge is 0.230 e. The molecule has 1 atom stereocenters. The van der Waals surface area contributed by atoms with Crippen LogP contribution in [0.4, 0.5) is 8.78 Å². The monoisotopic (exact) mass is 428 g/mol. The number of thioether (sulfide) groups is 1. The van der Waals surface area contributed by atoms with E-state index in [0.717, 1.165) is 30.3 Å². The van der Waals surface area contributed by atoms with Gasteiger partial charge in [0.1, 0.15) is 17.5 Å². The molecule has 8 heteroatoms. The Morgan fingerprint density at radius 1 is 1.20 bits per heavy atom. The predicted octanol–water partition coefficient (Wildman–Crippen LogP) is 4.45. The lowest BCUT2D eigenvalue weighted by Gasteiger charge is -2.15. The van der Waals surface area contributed by atoms with Crippen LogP contribution in [-0.4, -0.2) is 26.4 Å². The summed E-state index contributed by atoms with van der Waals surface area (Å²) < 4.78 is 29.1. The summed E-state index contributed by atoms with van der Waals surface area (Å²) in [6.45, 7) is 2.32. The van der Waals surface area contributed by atoms with Crippen LogP contribution in [-0.2, 0) is 11.3 Å². The number of carbonyl (C=O) groups is 1. The molecule has 4 rings (SSSR count). The summed E-state index contributed by atoms with van der Waals surface area (Å²) in [6.07, 6.45) is 2.22. The molecule has 1 N–H and O–H groups in total. The molecule has 2 aromatic carbocycles. The molecular weight excluding hydrogens is 406 g/mol. The fourth-order valence-electron chi connectivity index (χ4n) is 3.31. The molecule has 0 aliphatic heterocycles. The van der Waals surface area contributed by atoms with Gasteiger partial charge in [-0.1, -0.05) is 48.2 Å². The van der Waals surface area contributed by atoms with Gasteiger partial charge in [-0.3, -0.25) is 4.79 Å². The third kappa shape index (κ3) is 4.87. The van der Waals surface area contributed by atoms with Crippen LogP contribution < -0.4 is 5.32 Å². The number of nitrogens with one attached hydrogen (secondary N) is 1. The molecule has 1 saturated carbocycles. The average molecular weight is 429 g/mol. The van der Waals surface area contributed by atoms with Crippen molar-refractivity contribution in [3.8, 4) is 0 Å². The second-order valence-electron chi connectivity index (χ2n) is 7.43. The molecule has 0 unspecified atom stereocenters. The van der Waals surface area contributed by atoms with Crippen molar-refractivity contribution >= 4 is 17.7 Å².